The van der Waals surface area contributed by atoms with E-state index in [0.717, 1.165) is 12.5 Å². The summed E-state index contributed by atoms with van der Waals surface area (Å²) >= 11 is 0. The molecule has 1 atom stereocenters. The highest BCUT2D eigenvalue weighted by Crippen LogP contribution is 2.23. The third-order valence-corrected chi connectivity index (χ3v) is 2.75. The first-order valence-corrected chi connectivity index (χ1v) is 5.57. The molecule has 1 saturated carbocycles. The minimum atomic E-state index is -0.469. The van der Waals surface area contributed by atoms with Gasteiger partial charge in [0.1, 0.15) is 6.10 Å². The first-order valence-electron chi connectivity index (χ1n) is 5.57. The number of aliphatic hydroxyl groups is 1. The molecule has 0 spiro atoms. The van der Waals surface area contributed by atoms with Crippen LogP contribution in [0.1, 0.15) is 32.1 Å². The second-order valence-corrected chi connectivity index (χ2v) is 4.15. The Hall–Kier alpha value is -0.120. The molecule has 1 rings (SSSR count). The molecule has 1 aliphatic carbocycles. The van der Waals surface area contributed by atoms with Crippen molar-refractivity contribution in [1.82, 2.24) is 0 Å². The third-order valence-electron chi connectivity index (χ3n) is 2.75. The van der Waals surface area contributed by atoms with E-state index in [0.29, 0.717) is 13.2 Å². The Kier molecular flexibility index (Phi) is 6.15. The van der Waals surface area contributed by atoms with Crippen LogP contribution in [-0.2, 0) is 9.47 Å². The van der Waals surface area contributed by atoms with Crippen molar-refractivity contribution in [1.29, 1.82) is 0 Å². The normalized spacial score (nSPS) is 21.0. The molecule has 0 aromatic heterocycles. The Morgan fingerprint density at radius 3 is 2.57 bits per heavy atom. The molecule has 3 nitrogen and oxygen atoms in total. The summed E-state index contributed by atoms with van der Waals surface area (Å²) in [6.07, 6.45) is 6.18. The molecule has 0 aromatic rings. The first kappa shape index (κ1) is 12.0. The molecule has 1 unspecified atom stereocenters. The Balaban J connectivity index is 1.96. The van der Waals surface area contributed by atoms with Crippen molar-refractivity contribution in [3.8, 4) is 0 Å². The highest BCUT2D eigenvalue weighted by molar-refractivity contribution is 4.65. The summed E-state index contributed by atoms with van der Waals surface area (Å²) in [5.74, 6) is 0.721. The van der Waals surface area contributed by atoms with Crippen LogP contribution in [0.2, 0.25) is 0 Å². The second kappa shape index (κ2) is 7.21. The van der Waals surface area contributed by atoms with E-state index in [-0.39, 0.29) is 0 Å². The highest BCUT2D eigenvalue weighted by Gasteiger charge is 2.14. The van der Waals surface area contributed by atoms with Gasteiger partial charge >= 0.3 is 0 Å². The molecule has 0 bridgehead atoms. The summed E-state index contributed by atoms with van der Waals surface area (Å²) in [5, 5.41) is 9.33. The van der Waals surface area contributed by atoms with Gasteiger partial charge in [0.25, 0.3) is 0 Å². The molecule has 14 heavy (non-hydrogen) atoms. The van der Waals surface area contributed by atoms with Gasteiger partial charge in [0, 0.05) is 13.7 Å². The molecule has 0 heterocycles. The Bertz CT molecular complexity index is 132. The summed E-state index contributed by atoms with van der Waals surface area (Å²) in [5.41, 5.74) is 0. The number of ether oxygens (including phenoxy) is 2. The SMILES string of the molecule is COCC(O)COCC1CCCCC1. The second-order valence-electron chi connectivity index (χ2n) is 4.15. The smallest absolute Gasteiger partial charge is 0.101 e. The van der Waals surface area contributed by atoms with E-state index in [2.05, 4.69) is 0 Å². The lowest BCUT2D eigenvalue weighted by atomic mass is 9.90. The quantitative estimate of drug-likeness (QED) is 0.711. The molecule has 0 radical (unpaired) electrons. The van der Waals surface area contributed by atoms with Crippen LogP contribution < -0.4 is 0 Å². The lowest BCUT2D eigenvalue weighted by molar-refractivity contribution is -0.0181. The van der Waals surface area contributed by atoms with E-state index in [1.165, 1.54) is 32.1 Å². The van der Waals surface area contributed by atoms with Gasteiger partial charge in [0.05, 0.1) is 13.2 Å². The van der Waals surface area contributed by atoms with E-state index in [9.17, 15) is 5.11 Å². The van der Waals surface area contributed by atoms with Gasteiger partial charge < -0.3 is 14.6 Å². The van der Waals surface area contributed by atoms with Gasteiger partial charge in [-0.3, -0.25) is 0 Å². The van der Waals surface area contributed by atoms with Crippen LogP contribution >= 0.6 is 0 Å². The van der Waals surface area contributed by atoms with Crippen molar-refractivity contribution < 1.29 is 14.6 Å². The van der Waals surface area contributed by atoms with E-state index >= 15 is 0 Å². The zero-order valence-corrected chi connectivity index (χ0v) is 9.08. The maximum atomic E-state index is 9.33. The Morgan fingerprint density at radius 1 is 1.21 bits per heavy atom. The topological polar surface area (TPSA) is 38.7 Å². The molecular weight excluding hydrogens is 180 g/mol. The Morgan fingerprint density at radius 2 is 1.93 bits per heavy atom. The lowest BCUT2D eigenvalue weighted by Gasteiger charge is -2.21. The van der Waals surface area contributed by atoms with Crippen LogP contribution in [0.15, 0.2) is 0 Å². The van der Waals surface area contributed by atoms with Crippen LogP contribution in [0.25, 0.3) is 0 Å². The number of hydrogen-bond donors (Lipinski definition) is 1. The number of methoxy groups -OCH3 is 1. The van der Waals surface area contributed by atoms with Gasteiger partial charge in [0.15, 0.2) is 0 Å². The van der Waals surface area contributed by atoms with E-state index < -0.39 is 6.10 Å². The maximum Gasteiger partial charge on any atom is 0.101 e. The third kappa shape index (κ3) is 4.94. The minimum absolute atomic E-state index is 0.366. The predicted octanol–water partition coefficient (Wildman–Crippen LogP) is 1.59. The van der Waals surface area contributed by atoms with Gasteiger partial charge in [-0.2, -0.15) is 0 Å². The van der Waals surface area contributed by atoms with E-state index in [1.807, 2.05) is 0 Å². The molecule has 3 heteroatoms. The van der Waals surface area contributed by atoms with Crippen molar-refractivity contribution in [2.75, 3.05) is 26.9 Å². The highest BCUT2D eigenvalue weighted by atomic mass is 16.5. The van der Waals surface area contributed by atoms with Crippen LogP contribution in [-0.4, -0.2) is 38.1 Å². The largest absolute Gasteiger partial charge is 0.388 e. The van der Waals surface area contributed by atoms with Crippen LogP contribution in [0.4, 0.5) is 0 Å². The van der Waals surface area contributed by atoms with Crippen LogP contribution in [0, 0.1) is 5.92 Å². The van der Waals surface area contributed by atoms with Crippen LogP contribution in [0.3, 0.4) is 0 Å². The summed E-state index contributed by atoms with van der Waals surface area (Å²) in [7, 11) is 1.59. The first-order chi connectivity index (χ1) is 6.83. The summed E-state index contributed by atoms with van der Waals surface area (Å²) < 4.78 is 10.3. The average molecular weight is 202 g/mol. The van der Waals surface area contributed by atoms with E-state index in [4.69, 9.17) is 9.47 Å². The van der Waals surface area contributed by atoms with Gasteiger partial charge in [0.2, 0.25) is 0 Å². The summed E-state index contributed by atoms with van der Waals surface area (Å²) in [6.45, 7) is 1.58. The van der Waals surface area contributed by atoms with Crippen LogP contribution in [0.5, 0.6) is 0 Å². The molecule has 0 aromatic carbocycles. The zero-order valence-electron chi connectivity index (χ0n) is 9.08. The number of rotatable bonds is 6. The fourth-order valence-electron chi connectivity index (χ4n) is 1.97. The maximum absolute atomic E-state index is 9.33. The fourth-order valence-corrected chi connectivity index (χ4v) is 1.97. The van der Waals surface area contributed by atoms with Crippen molar-refractivity contribution in [3.63, 3.8) is 0 Å². The molecule has 0 aliphatic heterocycles. The fraction of sp³-hybridized carbons (Fsp3) is 1.00. The monoisotopic (exact) mass is 202 g/mol. The summed E-state index contributed by atoms with van der Waals surface area (Å²) in [6, 6.07) is 0. The van der Waals surface area contributed by atoms with Crippen molar-refractivity contribution in [3.05, 3.63) is 0 Å². The van der Waals surface area contributed by atoms with Gasteiger partial charge in [-0.25, -0.2) is 0 Å². The molecule has 0 amide bonds. The number of aliphatic hydroxyl groups excluding tert-OH is 1. The minimum Gasteiger partial charge on any atom is -0.388 e. The van der Waals surface area contributed by atoms with Crippen molar-refractivity contribution in [2.45, 2.75) is 38.2 Å². The molecule has 1 fully saturated rings. The molecule has 0 saturated heterocycles. The predicted molar refractivity (Wildman–Crippen MR) is 55.3 cm³/mol. The molecule has 84 valence electrons. The number of hydrogen-bond acceptors (Lipinski definition) is 3. The Labute approximate surface area is 86.4 Å². The lowest BCUT2D eigenvalue weighted by Crippen LogP contribution is -2.23. The van der Waals surface area contributed by atoms with Gasteiger partial charge in [-0.05, 0) is 18.8 Å². The van der Waals surface area contributed by atoms with E-state index in [1.54, 1.807) is 7.11 Å². The zero-order chi connectivity index (χ0) is 10.2. The molecule has 1 N–H and O–H groups in total. The average Bonchev–Trinajstić information content (AvgIpc) is 2.20. The van der Waals surface area contributed by atoms with Crippen molar-refractivity contribution >= 4 is 0 Å². The molecular formula is C11H22O3. The van der Waals surface area contributed by atoms with Gasteiger partial charge in [-0.1, -0.05) is 19.3 Å². The van der Waals surface area contributed by atoms with Crippen molar-refractivity contribution in [2.24, 2.45) is 5.92 Å². The molecule has 1 aliphatic rings. The summed E-state index contributed by atoms with van der Waals surface area (Å²) in [4.78, 5) is 0. The van der Waals surface area contributed by atoms with Gasteiger partial charge in [-0.15, -0.1) is 0 Å². The standard InChI is InChI=1S/C11H22O3/c1-13-8-11(12)9-14-7-10-5-3-2-4-6-10/h10-12H,2-9H2,1H3.